The molecule has 0 bridgehead atoms. The molecule has 132 valence electrons. The molecule has 0 aliphatic carbocycles. The highest BCUT2D eigenvalue weighted by Gasteiger charge is 2.46. The summed E-state index contributed by atoms with van der Waals surface area (Å²) in [6, 6.07) is 6.32. The van der Waals surface area contributed by atoms with Crippen LogP contribution in [-0.2, 0) is 11.2 Å². The maximum Gasteiger partial charge on any atom is 0.408 e. The van der Waals surface area contributed by atoms with Crippen molar-refractivity contribution in [2.24, 2.45) is 0 Å². The number of anilines is 1. The van der Waals surface area contributed by atoms with E-state index in [1.54, 1.807) is 19.2 Å². The fourth-order valence-electron chi connectivity index (χ4n) is 3.03. The normalized spacial score (nSPS) is 19.8. The van der Waals surface area contributed by atoms with Crippen molar-refractivity contribution in [2.75, 3.05) is 11.9 Å². The van der Waals surface area contributed by atoms with Crippen LogP contribution in [-0.4, -0.2) is 39.1 Å². The molecule has 2 amide bonds. The highest BCUT2D eigenvalue weighted by atomic mass is 32.1. The summed E-state index contributed by atoms with van der Waals surface area (Å²) in [5, 5.41) is 12.4. The number of rotatable bonds is 4. The Kier molecular flexibility index (Phi) is 4.71. The Bertz CT molecular complexity index is 810. The van der Waals surface area contributed by atoms with Crippen LogP contribution in [0.15, 0.2) is 30.5 Å². The summed E-state index contributed by atoms with van der Waals surface area (Å²) in [5.41, 5.74) is -0.262. The molecule has 1 aliphatic rings. The van der Waals surface area contributed by atoms with Crippen LogP contribution >= 0.6 is 11.3 Å². The molecule has 3 rings (SSSR count). The fraction of sp³-hybridized carbons (Fsp3) is 0.353. The summed E-state index contributed by atoms with van der Waals surface area (Å²) >= 11 is 1.30. The first-order chi connectivity index (χ1) is 11.9. The number of amides is 2. The standard InChI is InChI=1S/C17H18FN3O3S/c1-17(6-3-7-21(17)16(23)24)14(22)20-15-19-10-13(25-15)9-11-4-2-5-12(18)8-11/h2,4-5,8,10H,3,6-7,9H2,1H3,(H,23,24)(H,19,20,22)/t17-/m1/s1. The summed E-state index contributed by atoms with van der Waals surface area (Å²) in [5.74, 6) is -0.669. The molecular weight excluding hydrogens is 345 g/mol. The lowest BCUT2D eigenvalue weighted by atomic mass is 9.98. The molecule has 1 atom stereocenters. The zero-order valence-electron chi connectivity index (χ0n) is 13.7. The lowest BCUT2D eigenvalue weighted by Crippen LogP contribution is -2.52. The number of hydrogen-bond acceptors (Lipinski definition) is 4. The van der Waals surface area contributed by atoms with E-state index in [-0.39, 0.29) is 11.7 Å². The fourth-order valence-corrected chi connectivity index (χ4v) is 3.87. The van der Waals surface area contributed by atoms with Gasteiger partial charge in [0.2, 0.25) is 0 Å². The number of nitrogens with zero attached hydrogens (tertiary/aromatic N) is 2. The molecule has 0 saturated carbocycles. The van der Waals surface area contributed by atoms with Crippen molar-refractivity contribution in [2.45, 2.75) is 31.7 Å². The Labute approximate surface area is 148 Å². The predicted molar refractivity (Wildman–Crippen MR) is 92.3 cm³/mol. The van der Waals surface area contributed by atoms with Gasteiger partial charge in [-0.3, -0.25) is 15.0 Å². The first kappa shape index (κ1) is 17.3. The molecule has 2 heterocycles. The molecule has 1 saturated heterocycles. The van der Waals surface area contributed by atoms with Gasteiger partial charge in [0.05, 0.1) is 0 Å². The van der Waals surface area contributed by atoms with E-state index in [1.165, 1.54) is 28.4 Å². The Balaban J connectivity index is 1.69. The predicted octanol–water partition coefficient (Wildman–Crippen LogP) is 3.34. The number of likely N-dealkylation sites (tertiary alicyclic amines) is 1. The van der Waals surface area contributed by atoms with Gasteiger partial charge >= 0.3 is 6.09 Å². The van der Waals surface area contributed by atoms with Gasteiger partial charge in [-0.1, -0.05) is 12.1 Å². The second-order valence-electron chi connectivity index (χ2n) is 6.20. The largest absolute Gasteiger partial charge is 0.465 e. The molecule has 2 aromatic rings. The van der Waals surface area contributed by atoms with Crippen LogP contribution in [0.5, 0.6) is 0 Å². The molecule has 6 nitrogen and oxygen atoms in total. The van der Waals surface area contributed by atoms with Crippen molar-refractivity contribution in [1.82, 2.24) is 9.88 Å². The molecule has 1 fully saturated rings. The van der Waals surface area contributed by atoms with Gasteiger partial charge in [0.25, 0.3) is 5.91 Å². The second-order valence-corrected chi connectivity index (χ2v) is 7.32. The van der Waals surface area contributed by atoms with Crippen LogP contribution in [0.3, 0.4) is 0 Å². The van der Waals surface area contributed by atoms with Gasteiger partial charge in [-0.05, 0) is 37.5 Å². The van der Waals surface area contributed by atoms with E-state index < -0.39 is 11.6 Å². The van der Waals surface area contributed by atoms with E-state index in [2.05, 4.69) is 10.3 Å². The van der Waals surface area contributed by atoms with Crippen LogP contribution in [0.2, 0.25) is 0 Å². The summed E-state index contributed by atoms with van der Waals surface area (Å²) < 4.78 is 13.2. The number of carbonyl (C=O) groups excluding carboxylic acids is 1. The second kappa shape index (κ2) is 6.79. The zero-order chi connectivity index (χ0) is 18.0. The Morgan fingerprint density at radius 3 is 3.00 bits per heavy atom. The molecule has 2 N–H and O–H groups in total. The SMILES string of the molecule is C[C@]1(C(=O)Nc2ncc(Cc3cccc(F)c3)s2)CCCN1C(=O)O. The lowest BCUT2D eigenvalue weighted by Gasteiger charge is -2.31. The average molecular weight is 363 g/mol. The number of nitrogens with one attached hydrogen (secondary N) is 1. The topological polar surface area (TPSA) is 82.5 Å². The minimum atomic E-state index is -1.10. The van der Waals surface area contributed by atoms with E-state index in [1.807, 2.05) is 6.07 Å². The Morgan fingerprint density at radius 1 is 1.48 bits per heavy atom. The number of thiazole rings is 1. The molecule has 1 aliphatic heterocycles. The van der Waals surface area contributed by atoms with Gasteiger partial charge in [-0.15, -0.1) is 11.3 Å². The van der Waals surface area contributed by atoms with E-state index in [0.717, 1.165) is 10.4 Å². The average Bonchev–Trinajstić information content (AvgIpc) is 3.15. The number of carbonyl (C=O) groups is 2. The van der Waals surface area contributed by atoms with Crippen LogP contribution in [0.25, 0.3) is 0 Å². The first-order valence-corrected chi connectivity index (χ1v) is 8.71. The maximum absolute atomic E-state index is 13.2. The van der Waals surface area contributed by atoms with Crippen molar-refractivity contribution in [1.29, 1.82) is 0 Å². The molecule has 8 heteroatoms. The van der Waals surface area contributed by atoms with Crippen LogP contribution < -0.4 is 5.32 Å². The smallest absolute Gasteiger partial charge is 0.408 e. The molecule has 25 heavy (non-hydrogen) atoms. The molecule has 1 aromatic carbocycles. The van der Waals surface area contributed by atoms with Crippen LogP contribution in [0.1, 0.15) is 30.2 Å². The van der Waals surface area contributed by atoms with Crippen molar-refractivity contribution in [3.8, 4) is 0 Å². The van der Waals surface area contributed by atoms with Gasteiger partial charge in [0.15, 0.2) is 5.13 Å². The van der Waals surface area contributed by atoms with Crippen molar-refractivity contribution in [3.63, 3.8) is 0 Å². The first-order valence-electron chi connectivity index (χ1n) is 7.90. The van der Waals surface area contributed by atoms with Crippen LogP contribution in [0.4, 0.5) is 14.3 Å². The molecule has 0 spiro atoms. The van der Waals surface area contributed by atoms with Gasteiger partial charge in [-0.25, -0.2) is 14.2 Å². The van der Waals surface area contributed by atoms with Crippen molar-refractivity contribution < 1.29 is 19.1 Å². The minimum absolute atomic E-state index is 0.293. The molecular formula is C17H18FN3O3S. The summed E-state index contributed by atoms with van der Waals surface area (Å²) in [4.78, 5) is 30.1. The van der Waals surface area contributed by atoms with Crippen molar-refractivity contribution >= 4 is 28.5 Å². The maximum atomic E-state index is 13.2. The van der Waals surface area contributed by atoms with Gasteiger partial charge in [0, 0.05) is 24.0 Å². The van der Waals surface area contributed by atoms with Gasteiger partial charge in [0.1, 0.15) is 11.4 Å². The monoisotopic (exact) mass is 363 g/mol. The summed E-state index contributed by atoms with van der Waals surface area (Å²) in [7, 11) is 0. The summed E-state index contributed by atoms with van der Waals surface area (Å²) in [6.45, 7) is 1.98. The highest BCUT2D eigenvalue weighted by molar-refractivity contribution is 7.15. The van der Waals surface area contributed by atoms with Crippen molar-refractivity contribution in [3.05, 3.63) is 46.7 Å². The van der Waals surface area contributed by atoms with Crippen LogP contribution in [0, 0.1) is 5.82 Å². The minimum Gasteiger partial charge on any atom is -0.465 e. The van der Waals surface area contributed by atoms with E-state index in [0.29, 0.717) is 30.9 Å². The number of aromatic nitrogens is 1. The van der Waals surface area contributed by atoms with Gasteiger partial charge in [-0.2, -0.15) is 0 Å². The quantitative estimate of drug-likeness (QED) is 0.873. The third-order valence-electron chi connectivity index (χ3n) is 4.40. The Morgan fingerprint density at radius 2 is 2.28 bits per heavy atom. The van der Waals surface area contributed by atoms with E-state index in [9.17, 15) is 19.1 Å². The molecule has 0 unspecified atom stereocenters. The molecule has 1 aromatic heterocycles. The highest BCUT2D eigenvalue weighted by Crippen LogP contribution is 2.31. The zero-order valence-corrected chi connectivity index (χ0v) is 14.5. The number of carboxylic acid groups (broad SMARTS) is 1. The van der Waals surface area contributed by atoms with Gasteiger partial charge < -0.3 is 5.11 Å². The Hall–Kier alpha value is -2.48. The lowest BCUT2D eigenvalue weighted by molar-refractivity contribution is -0.124. The third kappa shape index (κ3) is 3.63. The van der Waals surface area contributed by atoms with E-state index in [4.69, 9.17) is 0 Å². The number of hydrogen-bond donors (Lipinski definition) is 2. The molecule has 0 radical (unpaired) electrons. The number of benzene rings is 1. The number of halogens is 1. The van der Waals surface area contributed by atoms with E-state index >= 15 is 0 Å². The third-order valence-corrected chi connectivity index (χ3v) is 5.32. The summed E-state index contributed by atoms with van der Waals surface area (Å²) in [6.07, 6.45) is 2.19.